The number of carbonyl (C=O) groups is 3. The molecule has 0 aromatic carbocycles. The Morgan fingerprint density at radius 2 is 2.10 bits per heavy atom. The summed E-state index contributed by atoms with van der Waals surface area (Å²) < 4.78 is 0. The fourth-order valence-electron chi connectivity index (χ4n) is 3.29. The number of rotatable bonds is 2. The average Bonchev–Trinajstić information content (AvgIpc) is 3.06. The second kappa shape index (κ2) is 5.38. The zero-order chi connectivity index (χ0) is 15.0. The standard InChI is InChI=1S/C14H19N3O4/c18-12-4-3-11-8-16(5-6-17(11)12)14(21)15-10-2-1-9(7-10)13(19)20/h1-2,9-11H,3-8H2,(H,15,21)(H,19,20). The highest BCUT2D eigenvalue weighted by Crippen LogP contribution is 2.23. The van der Waals surface area contributed by atoms with Crippen LogP contribution in [-0.2, 0) is 9.59 Å². The second-order valence-electron chi connectivity index (χ2n) is 5.85. The van der Waals surface area contributed by atoms with E-state index in [1.807, 2.05) is 4.90 Å². The van der Waals surface area contributed by atoms with Crippen molar-refractivity contribution in [2.45, 2.75) is 31.3 Å². The number of hydrogen-bond donors (Lipinski definition) is 2. The molecular weight excluding hydrogens is 274 g/mol. The SMILES string of the molecule is O=C(O)C1C=CC(NC(=O)N2CCN3C(=O)CCC3C2)C1. The monoisotopic (exact) mass is 293 g/mol. The first-order chi connectivity index (χ1) is 10.0. The van der Waals surface area contributed by atoms with Crippen LogP contribution in [0.25, 0.3) is 0 Å². The van der Waals surface area contributed by atoms with Crippen molar-refractivity contribution in [3.63, 3.8) is 0 Å². The molecule has 114 valence electrons. The van der Waals surface area contributed by atoms with E-state index >= 15 is 0 Å². The van der Waals surface area contributed by atoms with E-state index in [0.717, 1.165) is 6.42 Å². The van der Waals surface area contributed by atoms with Crippen molar-refractivity contribution in [3.8, 4) is 0 Å². The van der Waals surface area contributed by atoms with Gasteiger partial charge in [0.2, 0.25) is 5.91 Å². The highest BCUT2D eigenvalue weighted by atomic mass is 16.4. The first kappa shape index (κ1) is 13.9. The molecule has 21 heavy (non-hydrogen) atoms. The maximum atomic E-state index is 12.2. The van der Waals surface area contributed by atoms with Gasteiger partial charge in [0.25, 0.3) is 0 Å². The molecule has 0 saturated carbocycles. The molecule has 2 aliphatic heterocycles. The number of piperazine rings is 1. The largest absolute Gasteiger partial charge is 0.481 e. The van der Waals surface area contributed by atoms with E-state index in [2.05, 4.69) is 5.32 Å². The van der Waals surface area contributed by atoms with Gasteiger partial charge < -0.3 is 20.2 Å². The molecule has 2 fully saturated rings. The molecule has 2 saturated heterocycles. The number of nitrogens with one attached hydrogen (secondary N) is 1. The number of urea groups is 1. The average molecular weight is 293 g/mol. The Bertz CT molecular complexity index is 504. The van der Waals surface area contributed by atoms with Crippen LogP contribution in [0.2, 0.25) is 0 Å². The van der Waals surface area contributed by atoms with Gasteiger partial charge in [0, 0.05) is 32.1 Å². The Morgan fingerprint density at radius 3 is 2.81 bits per heavy atom. The van der Waals surface area contributed by atoms with Crippen molar-refractivity contribution in [1.82, 2.24) is 15.1 Å². The predicted molar refractivity (Wildman–Crippen MR) is 73.5 cm³/mol. The zero-order valence-corrected chi connectivity index (χ0v) is 11.7. The summed E-state index contributed by atoms with van der Waals surface area (Å²) in [5.41, 5.74) is 0. The predicted octanol–water partition coefficient (Wildman–Crippen LogP) is 0.0319. The molecule has 7 heteroatoms. The van der Waals surface area contributed by atoms with Crippen LogP contribution in [0.15, 0.2) is 12.2 Å². The molecule has 0 aromatic rings. The summed E-state index contributed by atoms with van der Waals surface area (Å²) in [6.07, 6.45) is 5.16. The van der Waals surface area contributed by atoms with E-state index in [4.69, 9.17) is 5.11 Å². The van der Waals surface area contributed by atoms with Gasteiger partial charge in [0.1, 0.15) is 0 Å². The minimum Gasteiger partial charge on any atom is -0.481 e. The van der Waals surface area contributed by atoms with Crippen molar-refractivity contribution < 1.29 is 19.5 Å². The number of aliphatic carboxylic acids is 1. The van der Waals surface area contributed by atoms with Crippen LogP contribution in [0.1, 0.15) is 19.3 Å². The number of carbonyl (C=O) groups excluding carboxylic acids is 2. The maximum absolute atomic E-state index is 12.2. The van der Waals surface area contributed by atoms with Crippen molar-refractivity contribution in [1.29, 1.82) is 0 Å². The molecule has 0 bridgehead atoms. The molecule has 3 atom stereocenters. The normalized spacial score (nSPS) is 31.4. The van der Waals surface area contributed by atoms with Gasteiger partial charge in [-0.25, -0.2) is 4.79 Å². The van der Waals surface area contributed by atoms with Crippen LogP contribution < -0.4 is 5.32 Å². The van der Waals surface area contributed by atoms with E-state index in [1.165, 1.54) is 0 Å². The summed E-state index contributed by atoms with van der Waals surface area (Å²) >= 11 is 0. The molecular formula is C14H19N3O4. The summed E-state index contributed by atoms with van der Waals surface area (Å²) in [5.74, 6) is -1.19. The van der Waals surface area contributed by atoms with Gasteiger partial charge in [-0.05, 0) is 12.8 Å². The Balaban J connectivity index is 1.52. The van der Waals surface area contributed by atoms with Crippen LogP contribution in [0.3, 0.4) is 0 Å². The molecule has 3 rings (SSSR count). The van der Waals surface area contributed by atoms with Gasteiger partial charge in [0.05, 0.1) is 12.0 Å². The lowest BCUT2D eigenvalue weighted by Crippen LogP contribution is -2.56. The van der Waals surface area contributed by atoms with Gasteiger partial charge in [-0.3, -0.25) is 9.59 Å². The highest BCUT2D eigenvalue weighted by Gasteiger charge is 2.37. The van der Waals surface area contributed by atoms with Gasteiger partial charge in [0.15, 0.2) is 0 Å². The first-order valence-electron chi connectivity index (χ1n) is 7.30. The number of carboxylic acid groups (broad SMARTS) is 1. The summed E-state index contributed by atoms with van der Waals surface area (Å²) in [4.78, 5) is 38.3. The molecule has 0 spiro atoms. The molecule has 2 heterocycles. The lowest BCUT2D eigenvalue weighted by molar-refractivity contribution is -0.140. The molecule has 1 aliphatic carbocycles. The Kier molecular flexibility index (Phi) is 3.57. The molecule has 0 radical (unpaired) electrons. The third-order valence-electron chi connectivity index (χ3n) is 4.49. The third kappa shape index (κ3) is 2.72. The minimum atomic E-state index is -0.860. The van der Waals surface area contributed by atoms with Crippen molar-refractivity contribution >= 4 is 17.9 Å². The molecule has 0 aromatic heterocycles. The smallest absolute Gasteiger partial charge is 0.317 e. The van der Waals surface area contributed by atoms with E-state index in [9.17, 15) is 14.4 Å². The van der Waals surface area contributed by atoms with Crippen molar-refractivity contribution in [2.24, 2.45) is 5.92 Å². The second-order valence-corrected chi connectivity index (χ2v) is 5.85. The molecule has 7 nitrogen and oxygen atoms in total. The maximum Gasteiger partial charge on any atom is 0.317 e. The van der Waals surface area contributed by atoms with Gasteiger partial charge in [-0.1, -0.05) is 12.2 Å². The number of hydrogen-bond acceptors (Lipinski definition) is 3. The Morgan fingerprint density at radius 1 is 1.29 bits per heavy atom. The lowest BCUT2D eigenvalue weighted by Gasteiger charge is -2.37. The van der Waals surface area contributed by atoms with Crippen LogP contribution in [0.5, 0.6) is 0 Å². The topological polar surface area (TPSA) is 89.9 Å². The van der Waals surface area contributed by atoms with Gasteiger partial charge in [-0.2, -0.15) is 0 Å². The summed E-state index contributed by atoms with van der Waals surface area (Å²) in [6, 6.07) is -0.251. The summed E-state index contributed by atoms with van der Waals surface area (Å²) in [7, 11) is 0. The van der Waals surface area contributed by atoms with E-state index in [-0.39, 0.29) is 24.0 Å². The van der Waals surface area contributed by atoms with Gasteiger partial charge >= 0.3 is 12.0 Å². The van der Waals surface area contributed by atoms with E-state index < -0.39 is 11.9 Å². The van der Waals surface area contributed by atoms with Crippen molar-refractivity contribution in [2.75, 3.05) is 19.6 Å². The number of nitrogens with zero attached hydrogens (tertiary/aromatic N) is 2. The third-order valence-corrected chi connectivity index (χ3v) is 4.49. The molecule has 3 amide bonds. The number of amides is 3. The highest BCUT2D eigenvalue weighted by molar-refractivity contribution is 5.80. The Hall–Kier alpha value is -2.05. The molecule has 2 N–H and O–H groups in total. The summed E-state index contributed by atoms with van der Waals surface area (Å²) in [6.45, 7) is 1.69. The van der Waals surface area contributed by atoms with E-state index in [0.29, 0.717) is 32.5 Å². The number of fused-ring (bicyclic) bond motifs is 1. The fraction of sp³-hybridized carbons (Fsp3) is 0.643. The zero-order valence-electron chi connectivity index (χ0n) is 11.7. The first-order valence-corrected chi connectivity index (χ1v) is 7.30. The van der Waals surface area contributed by atoms with Crippen LogP contribution >= 0.6 is 0 Å². The van der Waals surface area contributed by atoms with Crippen LogP contribution in [0.4, 0.5) is 4.79 Å². The van der Waals surface area contributed by atoms with Crippen LogP contribution in [0, 0.1) is 5.92 Å². The lowest BCUT2D eigenvalue weighted by atomic mass is 10.1. The Labute approximate surface area is 122 Å². The van der Waals surface area contributed by atoms with Gasteiger partial charge in [-0.15, -0.1) is 0 Å². The minimum absolute atomic E-state index is 0.142. The molecule has 3 aliphatic rings. The fourth-order valence-corrected chi connectivity index (χ4v) is 3.29. The summed E-state index contributed by atoms with van der Waals surface area (Å²) in [5, 5.41) is 11.8. The molecule has 3 unspecified atom stereocenters. The quantitative estimate of drug-likeness (QED) is 0.703. The van der Waals surface area contributed by atoms with Crippen molar-refractivity contribution in [3.05, 3.63) is 12.2 Å². The number of carboxylic acids is 1. The van der Waals surface area contributed by atoms with Crippen LogP contribution in [-0.4, -0.2) is 64.5 Å². The van der Waals surface area contributed by atoms with E-state index in [1.54, 1.807) is 17.1 Å².